The number of Topliss-reactive ketones (excluding diaryl/α,β-unsaturated/α-hetero) is 1. The first-order valence-corrected chi connectivity index (χ1v) is 3.78. The Labute approximate surface area is 70.4 Å². The van der Waals surface area contributed by atoms with E-state index in [0.29, 0.717) is 12.8 Å². The summed E-state index contributed by atoms with van der Waals surface area (Å²) in [5.41, 5.74) is 0.895. The summed E-state index contributed by atoms with van der Waals surface area (Å²) in [5.74, 6) is -0.346. The van der Waals surface area contributed by atoms with Gasteiger partial charge >= 0.3 is 0 Å². The number of hydrogen-bond donors (Lipinski definition) is 0. The van der Waals surface area contributed by atoms with E-state index in [1.165, 1.54) is 19.2 Å². The van der Waals surface area contributed by atoms with Crippen LogP contribution in [0, 0.1) is 5.95 Å². The second-order valence-electron chi connectivity index (χ2n) is 2.69. The molecule has 0 aliphatic carbocycles. The molecule has 1 aromatic rings. The van der Waals surface area contributed by atoms with Crippen LogP contribution in [0.15, 0.2) is 18.3 Å². The lowest BCUT2D eigenvalue weighted by Gasteiger charge is -1.96. The second kappa shape index (κ2) is 3.95. The summed E-state index contributed by atoms with van der Waals surface area (Å²) in [7, 11) is 0. The molecule has 0 aliphatic rings. The number of halogens is 1. The lowest BCUT2D eigenvalue weighted by atomic mass is 10.1. The van der Waals surface area contributed by atoms with Crippen LogP contribution in [0.25, 0.3) is 0 Å². The molecule has 0 bridgehead atoms. The molecule has 2 nitrogen and oxygen atoms in total. The molecule has 0 aliphatic heterocycles. The van der Waals surface area contributed by atoms with Crippen LogP contribution in [-0.2, 0) is 11.2 Å². The first-order valence-electron chi connectivity index (χ1n) is 3.78. The summed E-state index contributed by atoms with van der Waals surface area (Å²) in [6, 6.07) is 2.95. The third-order valence-electron chi connectivity index (χ3n) is 1.55. The molecular formula is C9H10FNO. The van der Waals surface area contributed by atoms with E-state index >= 15 is 0 Å². The lowest BCUT2D eigenvalue weighted by molar-refractivity contribution is -0.116. The van der Waals surface area contributed by atoms with Crippen LogP contribution < -0.4 is 0 Å². The molecule has 0 fully saturated rings. The number of carbonyl (C=O) groups excluding carboxylic acids is 1. The van der Waals surface area contributed by atoms with E-state index in [1.54, 1.807) is 6.07 Å². The SMILES string of the molecule is CC(=O)CCc1ccc(F)nc1. The van der Waals surface area contributed by atoms with Gasteiger partial charge in [-0.1, -0.05) is 6.07 Å². The van der Waals surface area contributed by atoms with Crippen molar-refractivity contribution >= 4 is 5.78 Å². The number of aryl methyl sites for hydroxylation is 1. The van der Waals surface area contributed by atoms with Crippen molar-refractivity contribution in [3.8, 4) is 0 Å². The quantitative estimate of drug-likeness (QED) is 0.642. The molecule has 0 aromatic carbocycles. The van der Waals surface area contributed by atoms with E-state index in [2.05, 4.69) is 4.98 Å². The number of aromatic nitrogens is 1. The molecule has 0 saturated heterocycles. The van der Waals surface area contributed by atoms with E-state index in [0.717, 1.165) is 5.56 Å². The number of ketones is 1. The highest BCUT2D eigenvalue weighted by molar-refractivity contribution is 5.75. The minimum atomic E-state index is -0.485. The summed E-state index contributed by atoms with van der Waals surface area (Å²) in [5, 5.41) is 0. The van der Waals surface area contributed by atoms with E-state index in [-0.39, 0.29) is 5.78 Å². The van der Waals surface area contributed by atoms with Gasteiger partial charge < -0.3 is 4.79 Å². The van der Waals surface area contributed by atoms with Crippen molar-refractivity contribution in [3.05, 3.63) is 29.8 Å². The molecule has 0 unspecified atom stereocenters. The smallest absolute Gasteiger partial charge is 0.212 e. The maximum Gasteiger partial charge on any atom is 0.212 e. The molecule has 1 heterocycles. The average Bonchev–Trinajstić information content (AvgIpc) is 2.03. The first-order chi connectivity index (χ1) is 5.68. The maximum atomic E-state index is 12.3. The van der Waals surface area contributed by atoms with Gasteiger partial charge in [0.1, 0.15) is 5.78 Å². The monoisotopic (exact) mass is 167 g/mol. The van der Waals surface area contributed by atoms with Crippen molar-refractivity contribution < 1.29 is 9.18 Å². The maximum absolute atomic E-state index is 12.3. The minimum Gasteiger partial charge on any atom is -0.300 e. The van der Waals surface area contributed by atoms with Gasteiger partial charge in [-0.2, -0.15) is 4.39 Å². The number of pyridine rings is 1. The van der Waals surface area contributed by atoms with Gasteiger partial charge in [0.05, 0.1) is 0 Å². The summed E-state index contributed by atoms with van der Waals surface area (Å²) < 4.78 is 12.3. The highest BCUT2D eigenvalue weighted by Crippen LogP contribution is 2.02. The molecule has 64 valence electrons. The van der Waals surface area contributed by atoms with Gasteiger partial charge in [-0.05, 0) is 25.0 Å². The molecule has 1 aromatic heterocycles. The predicted molar refractivity (Wildman–Crippen MR) is 43.2 cm³/mol. The van der Waals surface area contributed by atoms with Gasteiger partial charge in [0.2, 0.25) is 5.95 Å². The molecule has 0 N–H and O–H groups in total. The summed E-state index contributed by atoms with van der Waals surface area (Å²) in [4.78, 5) is 14.1. The Kier molecular flexibility index (Phi) is 2.91. The van der Waals surface area contributed by atoms with E-state index < -0.39 is 5.95 Å². The molecular weight excluding hydrogens is 157 g/mol. The van der Waals surface area contributed by atoms with Crippen molar-refractivity contribution in [2.24, 2.45) is 0 Å². The standard InChI is InChI=1S/C9H10FNO/c1-7(12)2-3-8-4-5-9(10)11-6-8/h4-6H,2-3H2,1H3. The topological polar surface area (TPSA) is 30.0 Å². The largest absolute Gasteiger partial charge is 0.300 e. The molecule has 0 spiro atoms. The first kappa shape index (κ1) is 8.84. The molecule has 3 heteroatoms. The fourth-order valence-electron chi connectivity index (χ4n) is 0.875. The fourth-order valence-corrected chi connectivity index (χ4v) is 0.875. The highest BCUT2D eigenvalue weighted by Gasteiger charge is 1.97. The van der Waals surface area contributed by atoms with Crippen molar-refractivity contribution in [1.29, 1.82) is 0 Å². The summed E-state index contributed by atoms with van der Waals surface area (Å²) in [6.45, 7) is 1.54. The van der Waals surface area contributed by atoms with Gasteiger partial charge in [-0.15, -0.1) is 0 Å². The van der Waals surface area contributed by atoms with Crippen molar-refractivity contribution in [1.82, 2.24) is 4.98 Å². The Morgan fingerprint density at radius 3 is 2.83 bits per heavy atom. The molecule has 0 radical (unpaired) electrons. The van der Waals surface area contributed by atoms with Crippen LogP contribution in [-0.4, -0.2) is 10.8 Å². The van der Waals surface area contributed by atoms with Gasteiger partial charge in [-0.3, -0.25) is 0 Å². The van der Waals surface area contributed by atoms with E-state index in [4.69, 9.17) is 0 Å². The van der Waals surface area contributed by atoms with Crippen molar-refractivity contribution in [2.45, 2.75) is 19.8 Å². The van der Waals surface area contributed by atoms with Gasteiger partial charge in [-0.25, -0.2) is 4.98 Å². The predicted octanol–water partition coefficient (Wildman–Crippen LogP) is 1.74. The minimum absolute atomic E-state index is 0.138. The Bertz CT molecular complexity index is 268. The average molecular weight is 167 g/mol. The number of hydrogen-bond acceptors (Lipinski definition) is 2. The van der Waals surface area contributed by atoms with E-state index in [1.807, 2.05) is 0 Å². The van der Waals surface area contributed by atoms with E-state index in [9.17, 15) is 9.18 Å². The lowest BCUT2D eigenvalue weighted by Crippen LogP contribution is -1.94. The van der Waals surface area contributed by atoms with Crippen LogP contribution in [0.5, 0.6) is 0 Å². The van der Waals surface area contributed by atoms with Crippen LogP contribution >= 0.6 is 0 Å². The highest BCUT2D eigenvalue weighted by atomic mass is 19.1. The normalized spacial score (nSPS) is 9.83. The second-order valence-corrected chi connectivity index (χ2v) is 2.69. The third kappa shape index (κ3) is 2.78. The van der Waals surface area contributed by atoms with Crippen molar-refractivity contribution in [3.63, 3.8) is 0 Å². The number of rotatable bonds is 3. The van der Waals surface area contributed by atoms with Gasteiger partial charge in [0.25, 0.3) is 0 Å². The molecule has 0 amide bonds. The number of nitrogens with zero attached hydrogens (tertiary/aromatic N) is 1. The van der Waals surface area contributed by atoms with Crippen LogP contribution in [0.4, 0.5) is 4.39 Å². The zero-order valence-corrected chi connectivity index (χ0v) is 6.88. The number of carbonyl (C=O) groups is 1. The molecule has 12 heavy (non-hydrogen) atoms. The van der Waals surface area contributed by atoms with Crippen LogP contribution in [0.3, 0.4) is 0 Å². The summed E-state index contributed by atoms with van der Waals surface area (Å²) in [6.07, 6.45) is 2.59. The van der Waals surface area contributed by atoms with Gasteiger partial charge in [0.15, 0.2) is 0 Å². The van der Waals surface area contributed by atoms with Crippen LogP contribution in [0.2, 0.25) is 0 Å². The molecule has 0 atom stereocenters. The Hall–Kier alpha value is -1.25. The molecule has 1 rings (SSSR count). The third-order valence-corrected chi connectivity index (χ3v) is 1.55. The Balaban J connectivity index is 2.53. The van der Waals surface area contributed by atoms with Crippen molar-refractivity contribution in [2.75, 3.05) is 0 Å². The Morgan fingerprint density at radius 2 is 2.33 bits per heavy atom. The summed E-state index contributed by atoms with van der Waals surface area (Å²) >= 11 is 0. The van der Waals surface area contributed by atoms with Crippen LogP contribution in [0.1, 0.15) is 18.9 Å². The van der Waals surface area contributed by atoms with Gasteiger partial charge in [0, 0.05) is 12.6 Å². The Morgan fingerprint density at radius 1 is 1.58 bits per heavy atom. The zero-order valence-electron chi connectivity index (χ0n) is 6.88. The molecule has 0 saturated carbocycles. The zero-order chi connectivity index (χ0) is 8.97. The fraction of sp³-hybridized carbons (Fsp3) is 0.333.